The number of hydrogen-bond acceptors (Lipinski definition) is 4. The van der Waals surface area contributed by atoms with Crippen molar-refractivity contribution in [1.29, 1.82) is 0 Å². The van der Waals surface area contributed by atoms with Gasteiger partial charge < -0.3 is 10.1 Å². The number of piperidine rings is 1. The van der Waals surface area contributed by atoms with Crippen LogP contribution in [0.15, 0.2) is 55.1 Å². The summed E-state index contributed by atoms with van der Waals surface area (Å²) in [5.74, 6) is -0.371. The Labute approximate surface area is 192 Å². The molecule has 1 amide bonds. The fourth-order valence-corrected chi connectivity index (χ4v) is 5.78. The zero-order valence-corrected chi connectivity index (χ0v) is 19.2. The number of rotatable bonds is 8. The number of anilines is 1. The first-order valence-electron chi connectivity index (χ1n) is 9.85. The molecule has 166 valence electrons. The van der Waals surface area contributed by atoms with Crippen LogP contribution in [0.5, 0.6) is 5.75 Å². The standard InChI is InChI=1S/C22H24Cl2N2O4S/c1-2-12-30-18-8-3-7-17(13-18)25-22(27)16-6-5-11-26(14-16)31(28,29)15-19-20(23)9-4-10-21(19)24/h2-4,7-10,13,16H,1,5-6,11-12,14-15H2,(H,25,27)/t16-/m1/s1. The fraction of sp³-hybridized carbons (Fsp3) is 0.318. The van der Waals surface area contributed by atoms with Gasteiger partial charge in [-0.2, -0.15) is 0 Å². The van der Waals surface area contributed by atoms with E-state index < -0.39 is 15.9 Å². The fourth-order valence-electron chi connectivity index (χ4n) is 3.42. The molecule has 0 aliphatic carbocycles. The molecule has 9 heteroatoms. The SMILES string of the molecule is C=CCOc1cccc(NC(=O)[C@@H]2CCCN(S(=O)(=O)Cc3c(Cl)cccc3Cl)C2)c1. The molecule has 1 aliphatic rings. The first-order chi connectivity index (χ1) is 14.8. The van der Waals surface area contributed by atoms with Gasteiger partial charge in [0.25, 0.3) is 0 Å². The maximum atomic E-state index is 13.0. The molecule has 2 aromatic rings. The Morgan fingerprint density at radius 2 is 1.94 bits per heavy atom. The first-order valence-corrected chi connectivity index (χ1v) is 12.2. The van der Waals surface area contributed by atoms with Crippen LogP contribution in [0.4, 0.5) is 5.69 Å². The molecule has 0 spiro atoms. The molecule has 1 fully saturated rings. The average molecular weight is 483 g/mol. The van der Waals surface area contributed by atoms with E-state index in [9.17, 15) is 13.2 Å². The molecule has 1 heterocycles. The topological polar surface area (TPSA) is 75.7 Å². The number of benzene rings is 2. The summed E-state index contributed by atoms with van der Waals surface area (Å²) in [5, 5.41) is 3.47. The predicted molar refractivity (Wildman–Crippen MR) is 124 cm³/mol. The van der Waals surface area contributed by atoms with Gasteiger partial charge in [0.2, 0.25) is 15.9 Å². The van der Waals surface area contributed by atoms with Crippen molar-refractivity contribution in [3.05, 3.63) is 70.7 Å². The lowest BCUT2D eigenvalue weighted by Crippen LogP contribution is -2.44. The zero-order chi connectivity index (χ0) is 22.4. The smallest absolute Gasteiger partial charge is 0.228 e. The van der Waals surface area contributed by atoms with E-state index >= 15 is 0 Å². The van der Waals surface area contributed by atoms with E-state index in [1.54, 1.807) is 48.5 Å². The van der Waals surface area contributed by atoms with Crippen molar-refractivity contribution < 1.29 is 17.9 Å². The van der Waals surface area contributed by atoms with E-state index in [1.807, 2.05) is 0 Å². The summed E-state index contributed by atoms with van der Waals surface area (Å²) in [6.07, 6.45) is 2.84. The van der Waals surface area contributed by atoms with Crippen molar-refractivity contribution >= 4 is 44.8 Å². The highest BCUT2D eigenvalue weighted by Gasteiger charge is 2.33. The average Bonchev–Trinajstić information content (AvgIpc) is 2.75. The molecule has 31 heavy (non-hydrogen) atoms. The van der Waals surface area contributed by atoms with Crippen molar-refractivity contribution in [2.75, 3.05) is 25.0 Å². The lowest BCUT2D eigenvalue weighted by molar-refractivity contribution is -0.120. The van der Waals surface area contributed by atoms with E-state index in [-0.39, 0.29) is 18.2 Å². The number of nitrogens with one attached hydrogen (secondary N) is 1. The Morgan fingerprint density at radius 3 is 2.65 bits per heavy atom. The van der Waals surface area contributed by atoms with E-state index in [1.165, 1.54) is 4.31 Å². The summed E-state index contributed by atoms with van der Waals surface area (Å²) < 4.78 is 32.8. The van der Waals surface area contributed by atoms with Gasteiger partial charge in [0.1, 0.15) is 12.4 Å². The number of halogens is 2. The minimum absolute atomic E-state index is 0.114. The van der Waals surface area contributed by atoms with Crippen LogP contribution in [-0.2, 0) is 20.6 Å². The Balaban J connectivity index is 1.67. The zero-order valence-electron chi connectivity index (χ0n) is 16.9. The maximum Gasteiger partial charge on any atom is 0.228 e. The van der Waals surface area contributed by atoms with Crippen LogP contribution >= 0.6 is 23.2 Å². The second-order valence-electron chi connectivity index (χ2n) is 7.27. The Hall–Kier alpha value is -2.06. The van der Waals surface area contributed by atoms with E-state index in [4.69, 9.17) is 27.9 Å². The van der Waals surface area contributed by atoms with Crippen LogP contribution in [0.2, 0.25) is 10.0 Å². The molecule has 0 aromatic heterocycles. The quantitative estimate of drug-likeness (QED) is 0.551. The number of carbonyl (C=O) groups is 1. The summed E-state index contributed by atoms with van der Waals surface area (Å²) in [7, 11) is -3.68. The molecule has 6 nitrogen and oxygen atoms in total. The lowest BCUT2D eigenvalue weighted by Gasteiger charge is -2.31. The number of hydrogen-bond donors (Lipinski definition) is 1. The highest BCUT2D eigenvalue weighted by atomic mass is 35.5. The third-order valence-corrected chi connectivity index (χ3v) is 7.49. The van der Waals surface area contributed by atoms with Crippen molar-refractivity contribution in [2.24, 2.45) is 5.92 Å². The highest BCUT2D eigenvalue weighted by Crippen LogP contribution is 2.29. The number of ether oxygens (including phenoxy) is 1. The normalized spacial score (nSPS) is 17.2. The van der Waals surface area contributed by atoms with Crippen LogP contribution in [0.25, 0.3) is 0 Å². The summed E-state index contributed by atoms with van der Waals surface area (Å²) >= 11 is 12.3. The number of carbonyl (C=O) groups excluding carboxylic acids is 1. The molecule has 0 bridgehead atoms. The van der Waals surface area contributed by atoms with Crippen molar-refractivity contribution in [3.63, 3.8) is 0 Å². The molecule has 0 unspecified atom stereocenters. The van der Waals surface area contributed by atoms with E-state index in [0.717, 1.165) is 0 Å². The monoisotopic (exact) mass is 482 g/mol. The van der Waals surface area contributed by atoms with Crippen LogP contribution < -0.4 is 10.1 Å². The molecule has 1 aliphatic heterocycles. The largest absolute Gasteiger partial charge is 0.489 e. The minimum atomic E-state index is -3.68. The molecule has 0 saturated carbocycles. The third-order valence-electron chi connectivity index (χ3n) is 5.01. The van der Waals surface area contributed by atoms with Gasteiger partial charge in [-0.05, 0) is 37.1 Å². The Morgan fingerprint density at radius 1 is 1.23 bits per heavy atom. The van der Waals surface area contributed by atoms with Gasteiger partial charge >= 0.3 is 0 Å². The van der Waals surface area contributed by atoms with Crippen molar-refractivity contribution in [2.45, 2.75) is 18.6 Å². The number of sulfonamides is 1. The molecule has 3 rings (SSSR count). The molecular weight excluding hydrogens is 459 g/mol. The summed E-state index contributed by atoms with van der Waals surface area (Å²) in [4.78, 5) is 12.8. The minimum Gasteiger partial charge on any atom is -0.489 e. The molecule has 1 N–H and O–H groups in total. The Bertz CT molecular complexity index is 1040. The third kappa shape index (κ3) is 6.23. The predicted octanol–water partition coefficient (Wildman–Crippen LogP) is 4.74. The Kier molecular flexibility index (Phi) is 8.00. The van der Waals surface area contributed by atoms with Gasteiger partial charge in [0.15, 0.2) is 0 Å². The van der Waals surface area contributed by atoms with Gasteiger partial charge in [-0.25, -0.2) is 12.7 Å². The highest BCUT2D eigenvalue weighted by molar-refractivity contribution is 7.88. The van der Waals surface area contributed by atoms with Crippen molar-refractivity contribution in [3.8, 4) is 5.75 Å². The summed E-state index contributed by atoms with van der Waals surface area (Å²) in [6.45, 7) is 4.44. The van der Waals surface area contributed by atoms with E-state index in [2.05, 4.69) is 11.9 Å². The van der Waals surface area contributed by atoms with Crippen LogP contribution in [0.3, 0.4) is 0 Å². The van der Waals surface area contributed by atoms with Gasteiger partial charge in [0.05, 0.1) is 11.7 Å². The van der Waals surface area contributed by atoms with Crippen LogP contribution in [-0.4, -0.2) is 38.3 Å². The lowest BCUT2D eigenvalue weighted by atomic mass is 9.98. The van der Waals surface area contributed by atoms with Gasteiger partial charge in [-0.1, -0.05) is 48.0 Å². The van der Waals surface area contributed by atoms with Gasteiger partial charge in [-0.3, -0.25) is 4.79 Å². The van der Waals surface area contributed by atoms with Crippen LogP contribution in [0.1, 0.15) is 18.4 Å². The molecular formula is C22H24Cl2N2O4S. The molecule has 1 saturated heterocycles. The second kappa shape index (κ2) is 10.5. The number of amides is 1. The first kappa shape index (κ1) is 23.6. The summed E-state index contributed by atoms with van der Waals surface area (Å²) in [6, 6.07) is 11.9. The van der Waals surface area contributed by atoms with Crippen molar-refractivity contribution in [1.82, 2.24) is 4.31 Å². The molecule has 1 atom stereocenters. The number of nitrogens with zero attached hydrogens (tertiary/aromatic N) is 1. The molecule has 2 aromatic carbocycles. The van der Waals surface area contributed by atoms with Crippen LogP contribution in [0, 0.1) is 5.92 Å². The molecule has 0 radical (unpaired) electrons. The maximum absolute atomic E-state index is 13.0. The van der Waals surface area contributed by atoms with E-state index in [0.29, 0.717) is 53.0 Å². The van der Waals surface area contributed by atoms with Gasteiger partial charge in [0, 0.05) is 40.5 Å². The second-order valence-corrected chi connectivity index (χ2v) is 10.1. The van der Waals surface area contributed by atoms with Gasteiger partial charge in [-0.15, -0.1) is 0 Å². The summed E-state index contributed by atoms with van der Waals surface area (Å²) in [5.41, 5.74) is 0.961.